The molecule has 0 radical (unpaired) electrons. The van der Waals surface area contributed by atoms with E-state index in [1.165, 1.54) is 5.56 Å². The highest BCUT2D eigenvalue weighted by molar-refractivity contribution is 5.92. The van der Waals surface area contributed by atoms with E-state index in [1.54, 1.807) is 12.0 Å². The molecule has 2 aliphatic heterocycles. The number of H-pyrrole nitrogens is 1. The summed E-state index contributed by atoms with van der Waals surface area (Å²) in [7, 11) is 1.64. The number of rotatable bonds is 5. The Hall–Kier alpha value is -3.10. The molecule has 3 aromatic rings. The summed E-state index contributed by atoms with van der Waals surface area (Å²) >= 11 is 0. The molecular formula is C26H33N5O3. The van der Waals surface area contributed by atoms with Crippen LogP contribution in [0.5, 0.6) is 5.75 Å². The molecule has 0 bridgehead atoms. The van der Waals surface area contributed by atoms with Gasteiger partial charge in [0.2, 0.25) is 5.95 Å². The van der Waals surface area contributed by atoms with E-state index in [2.05, 4.69) is 21.7 Å². The number of benzene rings is 2. The molecule has 34 heavy (non-hydrogen) atoms. The molecule has 1 aromatic heterocycles. The fourth-order valence-corrected chi connectivity index (χ4v) is 5.24. The first-order chi connectivity index (χ1) is 16.5. The molecule has 2 fully saturated rings. The zero-order valence-electron chi connectivity index (χ0n) is 19.6. The van der Waals surface area contributed by atoms with Crippen molar-refractivity contribution >= 4 is 23.0 Å². The minimum Gasteiger partial charge on any atom is -0.494 e. The number of anilines is 1. The first kappa shape index (κ1) is 22.7. The third kappa shape index (κ3) is 4.74. The lowest BCUT2D eigenvalue weighted by Gasteiger charge is -2.38. The van der Waals surface area contributed by atoms with Gasteiger partial charge in [-0.2, -0.15) is 0 Å². The van der Waals surface area contributed by atoms with Crippen molar-refractivity contribution in [1.82, 2.24) is 20.2 Å². The third-order valence-electron chi connectivity index (χ3n) is 7.22. The number of nitrogens with one attached hydrogen (secondary N) is 3. The molecule has 2 saturated heterocycles. The number of amides is 2. The molecule has 0 saturated carbocycles. The molecule has 8 nitrogen and oxygen atoms in total. The Morgan fingerprint density at radius 2 is 1.91 bits per heavy atom. The number of carbonyl (C=O) groups is 1. The zero-order valence-corrected chi connectivity index (χ0v) is 19.6. The Morgan fingerprint density at radius 1 is 1.18 bits per heavy atom. The number of likely N-dealkylation sites (tertiary alicyclic amines) is 1. The average Bonchev–Trinajstić information content (AvgIpc) is 3.28. The number of piperidine rings is 2. The lowest BCUT2D eigenvalue weighted by molar-refractivity contribution is -0.0105. The van der Waals surface area contributed by atoms with Gasteiger partial charge in [0, 0.05) is 19.5 Å². The van der Waals surface area contributed by atoms with Gasteiger partial charge >= 0.3 is 6.03 Å². The molecule has 2 amide bonds. The summed E-state index contributed by atoms with van der Waals surface area (Å²) in [5.74, 6) is 1.57. The highest BCUT2D eigenvalue weighted by Gasteiger charge is 2.34. The topological polar surface area (TPSA) is 103 Å². The lowest BCUT2D eigenvalue weighted by atomic mass is 9.85. The molecule has 2 aromatic carbocycles. The van der Waals surface area contributed by atoms with Crippen molar-refractivity contribution in [2.24, 2.45) is 0 Å². The second kappa shape index (κ2) is 9.64. The summed E-state index contributed by atoms with van der Waals surface area (Å²) in [6.45, 7) is 2.99. The summed E-state index contributed by atoms with van der Waals surface area (Å²) < 4.78 is 5.54. The van der Waals surface area contributed by atoms with Crippen LogP contribution in [-0.2, 0) is 6.42 Å². The average molecular weight is 464 g/mol. The smallest absolute Gasteiger partial charge is 0.324 e. The largest absolute Gasteiger partial charge is 0.494 e. The Bertz CT molecular complexity index is 1130. The minimum absolute atomic E-state index is 0.205. The van der Waals surface area contributed by atoms with Crippen LogP contribution in [-0.4, -0.2) is 64.9 Å². The predicted molar refractivity (Wildman–Crippen MR) is 132 cm³/mol. The van der Waals surface area contributed by atoms with Crippen molar-refractivity contribution in [3.05, 3.63) is 53.6 Å². The molecule has 0 spiro atoms. The number of aliphatic hydroxyl groups is 1. The molecular weight excluding hydrogens is 430 g/mol. The minimum atomic E-state index is -0.783. The number of aromatic nitrogens is 2. The number of hydrogen-bond donors (Lipinski definition) is 4. The van der Waals surface area contributed by atoms with Crippen LogP contribution in [0.2, 0.25) is 0 Å². The van der Waals surface area contributed by atoms with E-state index in [0.29, 0.717) is 50.0 Å². The van der Waals surface area contributed by atoms with Gasteiger partial charge in [0.25, 0.3) is 0 Å². The predicted octanol–water partition coefficient (Wildman–Crippen LogP) is 3.64. The molecule has 4 N–H and O–H groups in total. The van der Waals surface area contributed by atoms with E-state index in [-0.39, 0.29) is 6.03 Å². The maximum Gasteiger partial charge on any atom is 0.324 e. The SMILES string of the molecule is COc1ccc(C2CCNCC2)c2nc(NC(=O)N3CCC(O)(Cc4ccccc4)CC3)[nH]c12. The molecule has 0 atom stereocenters. The first-order valence-electron chi connectivity index (χ1n) is 12.1. The van der Waals surface area contributed by atoms with Gasteiger partial charge in [-0.05, 0) is 61.9 Å². The van der Waals surface area contributed by atoms with Crippen LogP contribution >= 0.6 is 0 Å². The van der Waals surface area contributed by atoms with E-state index in [9.17, 15) is 9.90 Å². The number of aromatic amines is 1. The Kier molecular flexibility index (Phi) is 6.43. The summed E-state index contributed by atoms with van der Waals surface area (Å²) in [5, 5.41) is 17.4. The molecule has 0 aliphatic carbocycles. The van der Waals surface area contributed by atoms with Gasteiger partial charge in [0.1, 0.15) is 11.3 Å². The first-order valence-corrected chi connectivity index (χ1v) is 12.1. The fraction of sp³-hybridized carbons (Fsp3) is 0.462. The van der Waals surface area contributed by atoms with Gasteiger partial charge in [-0.3, -0.25) is 5.32 Å². The summed E-state index contributed by atoms with van der Waals surface area (Å²) in [5.41, 5.74) is 3.19. The molecule has 2 aliphatic rings. The quantitative estimate of drug-likeness (QED) is 0.463. The van der Waals surface area contributed by atoms with E-state index < -0.39 is 5.60 Å². The van der Waals surface area contributed by atoms with Crippen molar-refractivity contribution < 1.29 is 14.6 Å². The van der Waals surface area contributed by atoms with Crippen LogP contribution in [0.4, 0.5) is 10.7 Å². The summed E-state index contributed by atoms with van der Waals surface area (Å²) in [4.78, 5) is 22.7. The van der Waals surface area contributed by atoms with Crippen LogP contribution in [0.25, 0.3) is 11.0 Å². The number of carbonyl (C=O) groups excluding carboxylic acids is 1. The highest BCUT2D eigenvalue weighted by atomic mass is 16.5. The van der Waals surface area contributed by atoms with Crippen molar-refractivity contribution in [3.63, 3.8) is 0 Å². The van der Waals surface area contributed by atoms with E-state index in [1.807, 2.05) is 36.4 Å². The summed E-state index contributed by atoms with van der Waals surface area (Å²) in [6, 6.07) is 13.9. The van der Waals surface area contributed by atoms with E-state index in [0.717, 1.165) is 42.5 Å². The fourth-order valence-electron chi connectivity index (χ4n) is 5.24. The Labute approximate surface area is 199 Å². The number of imidazole rings is 1. The number of methoxy groups -OCH3 is 1. The molecule has 5 rings (SSSR count). The number of urea groups is 1. The summed E-state index contributed by atoms with van der Waals surface area (Å²) in [6.07, 6.45) is 3.82. The number of ether oxygens (including phenoxy) is 1. The standard InChI is InChI=1S/C26H33N5O3/c1-34-21-8-7-20(19-9-13-27-14-10-19)22-23(21)29-24(28-22)30-25(32)31-15-11-26(33,12-16-31)17-18-5-3-2-4-6-18/h2-8,19,27,33H,9-17H2,1H3,(H2,28,29,30,32). The second-order valence-electron chi connectivity index (χ2n) is 9.49. The van der Waals surface area contributed by atoms with Crippen molar-refractivity contribution in [2.75, 3.05) is 38.6 Å². The van der Waals surface area contributed by atoms with Gasteiger partial charge in [0.15, 0.2) is 0 Å². The normalized spacial score (nSPS) is 18.7. The molecule has 180 valence electrons. The van der Waals surface area contributed by atoms with Crippen LogP contribution in [0.3, 0.4) is 0 Å². The number of fused-ring (bicyclic) bond motifs is 1. The van der Waals surface area contributed by atoms with Gasteiger partial charge < -0.3 is 25.0 Å². The number of nitrogens with zero attached hydrogens (tertiary/aromatic N) is 2. The van der Waals surface area contributed by atoms with Crippen molar-refractivity contribution in [3.8, 4) is 5.75 Å². The van der Waals surface area contributed by atoms with Crippen LogP contribution in [0.15, 0.2) is 42.5 Å². The maximum atomic E-state index is 13.0. The Balaban J connectivity index is 1.27. The van der Waals surface area contributed by atoms with E-state index in [4.69, 9.17) is 9.72 Å². The van der Waals surface area contributed by atoms with Gasteiger partial charge in [-0.1, -0.05) is 36.4 Å². The second-order valence-corrected chi connectivity index (χ2v) is 9.49. The molecule has 8 heteroatoms. The van der Waals surface area contributed by atoms with Crippen LogP contribution in [0.1, 0.15) is 42.7 Å². The third-order valence-corrected chi connectivity index (χ3v) is 7.22. The zero-order chi connectivity index (χ0) is 23.5. The van der Waals surface area contributed by atoms with Crippen LogP contribution < -0.4 is 15.4 Å². The Morgan fingerprint density at radius 3 is 2.62 bits per heavy atom. The monoisotopic (exact) mass is 463 g/mol. The molecule has 0 unspecified atom stereocenters. The van der Waals surface area contributed by atoms with Gasteiger partial charge in [-0.15, -0.1) is 0 Å². The number of hydrogen-bond acceptors (Lipinski definition) is 5. The van der Waals surface area contributed by atoms with Gasteiger partial charge in [-0.25, -0.2) is 9.78 Å². The van der Waals surface area contributed by atoms with E-state index >= 15 is 0 Å². The van der Waals surface area contributed by atoms with Crippen LogP contribution in [0, 0.1) is 0 Å². The van der Waals surface area contributed by atoms with Crippen molar-refractivity contribution in [2.45, 2.75) is 43.6 Å². The molecule has 3 heterocycles. The van der Waals surface area contributed by atoms with Gasteiger partial charge in [0.05, 0.1) is 18.2 Å². The lowest BCUT2D eigenvalue weighted by Crippen LogP contribution is -2.49. The maximum absolute atomic E-state index is 13.0. The highest BCUT2D eigenvalue weighted by Crippen LogP contribution is 2.35. The van der Waals surface area contributed by atoms with Crippen molar-refractivity contribution in [1.29, 1.82) is 0 Å².